The van der Waals surface area contributed by atoms with Crippen LogP contribution in [0.1, 0.15) is 11.1 Å². The molecule has 0 radical (unpaired) electrons. The van der Waals surface area contributed by atoms with Gasteiger partial charge in [0.15, 0.2) is 9.84 Å². The molecule has 0 aliphatic heterocycles. The molecule has 0 bridgehead atoms. The second-order valence-electron chi connectivity index (χ2n) is 4.81. The van der Waals surface area contributed by atoms with Crippen molar-refractivity contribution in [3.05, 3.63) is 52.9 Å². The van der Waals surface area contributed by atoms with Crippen LogP contribution in [0.3, 0.4) is 0 Å². The molecule has 1 unspecified atom stereocenters. The molecule has 0 amide bonds. The molecule has 2 aromatic rings. The maximum absolute atomic E-state index is 12.0. The van der Waals surface area contributed by atoms with Gasteiger partial charge in [0.25, 0.3) is 0 Å². The predicted octanol–water partition coefficient (Wildman–Crippen LogP) is 1.54. The summed E-state index contributed by atoms with van der Waals surface area (Å²) in [7, 11) is -3.44. The van der Waals surface area contributed by atoms with Crippen molar-refractivity contribution < 1.29 is 13.5 Å². The molecule has 1 aromatic carbocycles. The minimum absolute atomic E-state index is 0.168. The molecule has 2 N–H and O–H groups in total. The molecule has 1 aromatic heterocycles. The number of rotatable bonds is 7. The molecular weight excluding hydrogens is 320 g/mol. The Balaban J connectivity index is 1.83. The van der Waals surface area contributed by atoms with E-state index in [0.717, 1.165) is 16.9 Å². The van der Waals surface area contributed by atoms with E-state index in [9.17, 15) is 13.5 Å². The van der Waals surface area contributed by atoms with Gasteiger partial charge in [-0.1, -0.05) is 18.2 Å². The molecule has 0 spiro atoms. The van der Waals surface area contributed by atoms with Gasteiger partial charge >= 0.3 is 0 Å². The second kappa shape index (κ2) is 7.51. The summed E-state index contributed by atoms with van der Waals surface area (Å²) in [6.45, 7) is 0.632. The quantitative estimate of drug-likeness (QED) is 0.800. The fraction of sp³-hybridized carbons (Fsp3) is 0.267. The smallest absolute Gasteiger partial charge is 0.190 e. The normalized spacial score (nSPS) is 12.7. The molecule has 116 valence electrons. The Morgan fingerprint density at radius 2 is 2.14 bits per heavy atom. The maximum Gasteiger partial charge on any atom is 0.190 e. The van der Waals surface area contributed by atoms with E-state index in [4.69, 9.17) is 5.26 Å². The van der Waals surface area contributed by atoms with Crippen LogP contribution in [-0.4, -0.2) is 31.9 Å². The van der Waals surface area contributed by atoms with E-state index in [1.165, 1.54) is 6.07 Å². The summed E-state index contributed by atoms with van der Waals surface area (Å²) in [4.78, 5) is 0. The van der Waals surface area contributed by atoms with E-state index in [2.05, 4.69) is 11.4 Å². The zero-order valence-corrected chi connectivity index (χ0v) is 13.4. The lowest BCUT2D eigenvalue weighted by Gasteiger charge is -2.12. The first kappa shape index (κ1) is 16.6. The summed E-state index contributed by atoms with van der Waals surface area (Å²) in [5.74, 6) is -0.307. The highest BCUT2D eigenvalue weighted by Gasteiger charge is 2.20. The Morgan fingerprint density at radius 3 is 2.82 bits per heavy atom. The molecule has 22 heavy (non-hydrogen) atoms. The number of thiophene rings is 1. The van der Waals surface area contributed by atoms with Crippen LogP contribution in [0.2, 0.25) is 0 Å². The van der Waals surface area contributed by atoms with Gasteiger partial charge < -0.3 is 10.4 Å². The summed E-state index contributed by atoms with van der Waals surface area (Å²) < 4.78 is 24.3. The fourth-order valence-electron chi connectivity index (χ4n) is 1.97. The van der Waals surface area contributed by atoms with Crippen molar-refractivity contribution in [1.82, 2.24) is 5.32 Å². The number of nitriles is 1. The average molecular weight is 336 g/mol. The summed E-state index contributed by atoms with van der Waals surface area (Å²) in [5, 5.41) is 23.4. The van der Waals surface area contributed by atoms with Crippen molar-refractivity contribution in [2.75, 3.05) is 12.3 Å². The number of aliphatic hydroxyl groups excluding tert-OH is 1. The zero-order valence-electron chi connectivity index (χ0n) is 11.8. The highest BCUT2D eigenvalue weighted by atomic mass is 32.2. The van der Waals surface area contributed by atoms with E-state index < -0.39 is 15.9 Å². The van der Waals surface area contributed by atoms with Gasteiger partial charge in [0.05, 0.1) is 23.5 Å². The minimum Gasteiger partial charge on any atom is -0.391 e. The predicted molar refractivity (Wildman–Crippen MR) is 85.2 cm³/mol. The first-order valence-electron chi connectivity index (χ1n) is 6.65. The lowest BCUT2D eigenvalue weighted by molar-refractivity contribution is 0.193. The minimum atomic E-state index is -3.44. The monoisotopic (exact) mass is 336 g/mol. The van der Waals surface area contributed by atoms with E-state index >= 15 is 0 Å². The van der Waals surface area contributed by atoms with Crippen LogP contribution in [0.25, 0.3) is 0 Å². The summed E-state index contributed by atoms with van der Waals surface area (Å²) in [6, 6.07) is 12.4. The van der Waals surface area contributed by atoms with Gasteiger partial charge in [-0.25, -0.2) is 8.42 Å². The summed E-state index contributed by atoms with van der Waals surface area (Å²) in [5.41, 5.74) is 1.48. The van der Waals surface area contributed by atoms with E-state index in [0.29, 0.717) is 12.1 Å². The van der Waals surface area contributed by atoms with Crippen molar-refractivity contribution in [3.8, 4) is 6.07 Å². The van der Waals surface area contributed by atoms with Crippen molar-refractivity contribution in [3.63, 3.8) is 0 Å². The van der Waals surface area contributed by atoms with Crippen molar-refractivity contribution in [2.24, 2.45) is 0 Å². The molecule has 0 aliphatic carbocycles. The van der Waals surface area contributed by atoms with Crippen LogP contribution >= 0.6 is 11.3 Å². The highest BCUT2D eigenvalue weighted by molar-refractivity contribution is 7.93. The molecule has 0 saturated carbocycles. The first-order valence-corrected chi connectivity index (χ1v) is 9.18. The van der Waals surface area contributed by atoms with Crippen LogP contribution in [0, 0.1) is 11.3 Å². The summed E-state index contributed by atoms with van der Waals surface area (Å²) in [6.07, 6.45) is -0.980. The third-order valence-electron chi connectivity index (χ3n) is 2.98. The highest BCUT2D eigenvalue weighted by Crippen LogP contribution is 2.18. The Kier molecular flexibility index (Phi) is 5.69. The molecule has 1 heterocycles. The number of aliphatic hydroxyl groups is 1. The van der Waals surface area contributed by atoms with Crippen molar-refractivity contribution >= 4 is 21.2 Å². The van der Waals surface area contributed by atoms with Crippen molar-refractivity contribution in [2.45, 2.75) is 16.9 Å². The Morgan fingerprint density at radius 1 is 1.32 bits per heavy atom. The summed E-state index contributed by atoms with van der Waals surface area (Å²) >= 11 is 1.15. The van der Waals surface area contributed by atoms with E-state index in [1.54, 1.807) is 29.6 Å². The molecular formula is C15H16N2O3S2. The largest absolute Gasteiger partial charge is 0.391 e. The topological polar surface area (TPSA) is 90.2 Å². The lowest BCUT2D eigenvalue weighted by Crippen LogP contribution is -2.32. The van der Waals surface area contributed by atoms with Gasteiger partial charge in [-0.15, -0.1) is 11.3 Å². The first-order chi connectivity index (χ1) is 10.5. The molecule has 7 heteroatoms. The van der Waals surface area contributed by atoms with E-state index in [1.807, 2.05) is 6.07 Å². The number of hydrogen-bond acceptors (Lipinski definition) is 6. The standard InChI is InChI=1S/C15H16N2O3S2/c16-8-12-3-1-4-13(7-12)9-17-10-14(18)11-22(19,20)15-5-2-6-21-15/h1-7,14,17-18H,9-11H2. The van der Waals surface area contributed by atoms with Crippen LogP contribution in [0.5, 0.6) is 0 Å². The Labute approximate surface area is 133 Å². The van der Waals surface area contributed by atoms with Crippen LogP contribution < -0.4 is 5.32 Å². The maximum atomic E-state index is 12.0. The molecule has 2 rings (SSSR count). The molecule has 1 atom stereocenters. The molecule has 0 fully saturated rings. The molecule has 0 saturated heterocycles. The van der Waals surface area contributed by atoms with E-state index in [-0.39, 0.29) is 16.5 Å². The molecule has 0 aliphatic rings. The van der Waals surface area contributed by atoms with Gasteiger partial charge in [0, 0.05) is 13.1 Å². The lowest BCUT2D eigenvalue weighted by atomic mass is 10.1. The van der Waals surface area contributed by atoms with Crippen LogP contribution in [0.4, 0.5) is 0 Å². The van der Waals surface area contributed by atoms with Crippen LogP contribution in [0.15, 0.2) is 46.0 Å². The Bertz CT molecular complexity index is 749. The van der Waals surface area contributed by atoms with Gasteiger partial charge in [0.1, 0.15) is 4.21 Å². The number of hydrogen-bond donors (Lipinski definition) is 2. The van der Waals surface area contributed by atoms with Gasteiger partial charge in [0.2, 0.25) is 0 Å². The third kappa shape index (κ3) is 4.64. The average Bonchev–Trinajstić information content (AvgIpc) is 3.02. The Hall–Kier alpha value is -1.72. The third-order valence-corrected chi connectivity index (χ3v) is 6.26. The number of sulfone groups is 1. The zero-order chi connectivity index (χ0) is 16.0. The van der Waals surface area contributed by atoms with Crippen LogP contribution in [-0.2, 0) is 16.4 Å². The van der Waals surface area contributed by atoms with Crippen molar-refractivity contribution in [1.29, 1.82) is 5.26 Å². The SMILES string of the molecule is N#Cc1cccc(CNCC(O)CS(=O)(=O)c2cccs2)c1. The number of nitrogens with one attached hydrogen (secondary N) is 1. The van der Waals surface area contributed by atoms with Gasteiger partial charge in [-0.05, 0) is 29.1 Å². The van der Waals surface area contributed by atoms with Gasteiger partial charge in [-0.2, -0.15) is 5.26 Å². The molecule has 5 nitrogen and oxygen atoms in total. The number of nitrogens with zero attached hydrogens (tertiary/aromatic N) is 1. The van der Waals surface area contributed by atoms with Gasteiger partial charge in [-0.3, -0.25) is 0 Å². The second-order valence-corrected chi connectivity index (χ2v) is 8.02. The fourth-order valence-corrected chi connectivity index (χ4v) is 4.45. The number of benzene rings is 1.